The van der Waals surface area contributed by atoms with Crippen LogP contribution in [0.3, 0.4) is 0 Å². The number of ether oxygens (including phenoxy) is 8. The molecule has 0 amide bonds. The first-order valence-corrected chi connectivity index (χ1v) is 19.4. The second-order valence-electron chi connectivity index (χ2n) is 13.2. The quantitative estimate of drug-likeness (QED) is 0.436. The van der Waals surface area contributed by atoms with Gasteiger partial charge in [-0.05, 0) is 58.1 Å². The minimum Gasteiger partial charge on any atom is -0.471 e. The molecule has 0 bridgehead atoms. The van der Waals surface area contributed by atoms with Gasteiger partial charge in [0.25, 0.3) is 0 Å². The van der Waals surface area contributed by atoms with E-state index in [9.17, 15) is 0 Å². The third kappa shape index (κ3) is 22.0. The van der Waals surface area contributed by atoms with Crippen LogP contribution in [-0.4, -0.2) is 111 Å². The van der Waals surface area contributed by atoms with E-state index in [1.165, 1.54) is 60.8 Å². The maximum atomic E-state index is 5.22. The second-order valence-corrected chi connectivity index (χ2v) is 15.8. The molecule has 0 radical (unpaired) electrons. The largest absolute Gasteiger partial charge is 1.00 e. The van der Waals surface area contributed by atoms with Crippen LogP contribution < -0.4 is 68.8 Å². The van der Waals surface area contributed by atoms with Crippen molar-refractivity contribution in [3.63, 3.8) is 0 Å². The summed E-state index contributed by atoms with van der Waals surface area (Å²) in [7, 11) is 2.74. The van der Waals surface area contributed by atoms with Crippen LogP contribution in [0.5, 0.6) is 0 Å². The Morgan fingerprint density at radius 3 is 0.940 bits per heavy atom. The van der Waals surface area contributed by atoms with E-state index in [4.69, 9.17) is 37.9 Å². The summed E-state index contributed by atoms with van der Waals surface area (Å²) >= 11 is 0. The summed E-state index contributed by atoms with van der Waals surface area (Å²) in [5, 5.41) is 4.52. The van der Waals surface area contributed by atoms with Crippen molar-refractivity contribution in [1.82, 2.24) is 0 Å². The fraction of sp³-hybridized carbons (Fsp3) is 0.667. The van der Waals surface area contributed by atoms with Crippen molar-refractivity contribution >= 4 is 32.4 Å². The summed E-state index contributed by atoms with van der Waals surface area (Å²) in [6.07, 6.45) is 0. The van der Waals surface area contributed by atoms with E-state index in [1.54, 1.807) is 5.03 Å². The molecule has 0 atom stereocenters. The van der Waals surface area contributed by atoms with Crippen LogP contribution in [-0.2, 0) is 37.9 Å². The van der Waals surface area contributed by atoms with E-state index in [0.717, 1.165) is 0 Å². The van der Waals surface area contributed by atoms with Gasteiger partial charge < -0.3 is 46.5 Å². The predicted molar refractivity (Wildman–Crippen MR) is 205 cm³/mol. The Morgan fingerprint density at radius 2 is 0.700 bits per heavy atom. The molecule has 0 unspecified atom stereocenters. The minimum atomic E-state index is 0. The van der Waals surface area contributed by atoms with Gasteiger partial charge in [-0.15, -0.1) is 8.20 Å². The van der Waals surface area contributed by atoms with Gasteiger partial charge in [0.15, 0.2) is 0 Å². The Morgan fingerprint density at radius 1 is 0.460 bits per heavy atom. The third-order valence-corrected chi connectivity index (χ3v) is 11.6. The Labute approximate surface area is 356 Å². The number of benzene rings is 2. The molecule has 4 rings (SSSR count). The SMILES string of the molecule is C1COCCOCCOCCO1.C1COCCOCCOCCO1.Cc1cc(C)c(P=C([P-]c2c(C)cc(C)cc2C)C(C)(C)C)c(C)c1.[Rb+]. The molecule has 2 aliphatic heterocycles. The average molecular weight is 807 g/mol. The van der Waals surface area contributed by atoms with E-state index < -0.39 is 0 Å². The summed E-state index contributed by atoms with van der Waals surface area (Å²) in [6, 6.07) is 9.26. The first-order valence-electron chi connectivity index (χ1n) is 17.6. The maximum Gasteiger partial charge on any atom is 1.00 e. The van der Waals surface area contributed by atoms with E-state index >= 15 is 0 Å². The summed E-state index contributed by atoms with van der Waals surface area (Å²) in [5.74, 6) is 0. The summed E-state index contributed by atoms with van der Waals surface area (Å²) in [6.45, 7) is 30.7. The summed E-state index contributed by atoms with van der Waals surface area (Å²) in [4.78, 5) is 0. The number of aryl methyl sites for hydroxylation is 6. The smallest absolute Gasteiger partial charge is 0.471 e. The van der Waals surface area contributed by atoms with Crippen molar-refractivity contribution < 1.29 is 96.1 Å². The summed E-state index contributed by atoms with van der Waals surface area (Å²) in [5.41, 5.74) is 8.53. The molecule has 2 aromatic carbocycles. The van der Waals surface area contributed by atoms with Gasteiger partial charge in [-0.1, -0.05) is 67.3 Å². The Kier molecular flexibility index (Phi) is 28.1. The number of hydrogen-bond acceptors (Lipinski definition) is 8. The Bertz CT molecular complexity index is 1080. The molecule has 0 spiro atoms. The van der Waals surface area contributed by atoms with Crippen LogP contribution >= 0.6 is 16.8 Å². The van der Waals surface area contributed by atoms with Crippen molar-refractivity contribution in [2.45, 2.75) is 62.3 Å². The molecular formula is C39H63O8P2Rb. The van der Waals surface area contributed by atoms with Gasteiger partial charge in [-0.25, -0.2) is 0 Å². The normalized spacial score (nSPS) is 18.1. The van der Waals surface area contributed by atoms with Crippen molar-refractivity contribution in [3.8, 4) is 0 Å². The molecule has 0 aromatic heterocycles. The molecule has 50 heavy (non-hydrogen) atoms. The summed E-state index contributed by atoms with van der Waals surface area (Å²) < 4.78 is 41.7. The van der Waals surface area contributed by atoms with Crippen molar-refractivity contribution in [1.29, 1.82) is 0 Å². The standard InChI is InChI=1S/C23H31P2.2C8H16O4.Rb/c1-14-10-16(3)20(17(4)11-14)24-22(23(7,8)9)25-21-18(5)12-15(2)13-19(21)6;2*1-2-10-5-6-12-8-7-11-4-3-9-1;/h10-13H,1-9H3;2*1-8H2;/q-1;;;+1. The monoisotopic (exact) mass is 806 g/mol. The van der Waals surface area contributed by atoms with E-state index in [2.05, 4.69) is 86.6 Å². The van der Waals surface area contributed by atoms with Crippen molar-refractivity contribution in [2.75, 3.05) is 106 Å². The minimum absolute atomic E-state index is 0. The molecule has 0 N–H and O–H groups in total. The molecule has 2 saturated heterocycles. The van der Waals surface area contributed by atoms with Gasteiger partial charge in [-0.3, -0.25) is 0 Å². The molecule has 2 aliphatic rings. The van der Waals surface area contributed by atoms with E-state index in [-0.39, 0.29) is 63.6 Å². The molecule has 2 fully saturated rings. The van der Waals surface area contributed by atoms with Crippen LogP contribution in [0.25, 0.3) is 0 Å². The Hall–Kier alpha value is 0.525. The maximum absolute atomic E-state index is 5.22. The van der Waals surface area contributed by atoms with Gasteiger partial charge in [0.05, 0.1) is 106 Å². The van der Waals surface area contributed by atoms with Crippen LogP contribution in [0, 0.1) is 47.0 Å². The zero-order valence-electron chi connectivity index (χ0n) is 32.8. The van der Waals surface area contributed by atoms with Crippen molar-refractivity contribution in [2.24, 2.45) is 5.41 Å². The van der Waals surface area contributed by atoms with Crippen LogP contribution in [0.2, 0.25) is 0 Å². The molecule has 2 aromatic rings. The molecule has 0 aliphatic carbocycles. The van der Waals surface area contributed by atoms with Gasteiger partial charge in [0, 0.05) is 5.30 Å². The number of hydrogen-bond donors (Lipinski definition) is 0. The molecule has 0 saturated carbocycles. The fourth-order valence-corrected chi connectivity index (χ4v) is 7.89. The van der Waals surface area contributed by atoms with Gasteiger partial charge in [0.2, 0.25) is 0 Å². The number of rotatable bonds is 3. The first kappa shape index (κ1) is 48.5. The predicted octanol–water partition coefficient (Wildman–Crippen LogP) is 3.69. The van der Waals surface area contributed by atoms with Crippen LogP contribution in [0.1, 0.15) is 54.2 Å². The van der Waals surface area contributed by atoms with Gasteiger partial charge in [-0.2, -0.15) is 10.3 Å². The van der Waals surface area contributed by atoms with Gasteiger partial charge in [0.1, 0.15) is 0 Å². The van der Waals surface area contributed by atoms with Crippen molar-refractivity contribution in [3.05, 3.63) is 57.6 Å². The Balaban J connectivity index is 0.000000418. The van der Waals surface area contributed by atoms with Gasteiger partial charge >= 0.3 is 58.2 Å². The topological polar surface area (TPSA) is 73.8 Å². The first-order chi connectivity index (χ1) is 23.5. The molecule has 2 heterocycles. The fourth-order valence-electron chi connectivity index (χ4n) is 5.03. The van der Waals surface area contributed by atoms with E-state index in [1.807, 2.05) is 0 Å². The molecule has 11 heteroatoms. The average Bonchev–Trinajstić information content (AvgIpc) is 3.00. The zero-order valence-corrected chi connectivity index (χ0v) is 39.5. The molecule has 8 nitrogen and oxygen atoms in total. The molecule has 278 valence electrons. The van der Waals surface area contributed by atoms with Crippen LogP contribution in [0.15, 0.2) is 24.3 Å². The second kappa shape index (κ2) is 28.9. The zero-order chi connectivity index (χ0) is 35.9. The van der Waals surface area contributed by atoms with Crippen LogP contribution in [0.4, 0.5) is 0 Å². The molecular weight excluding hydrogens is 744 g/mol. The third-order valence-electron chi connectivity index (χ3n) is 7.35. The van der Waals surface area contributed by atoms with E-state index in [0.29, 0.717) is 106 Å².